The Hall–Kier alpha value is -1.76. The summed E-state index contributed by atoms with van der Waals surface area (Å²) in [5.74, 6) is 0.463. The van der Waals surface area contributed by atoms with E-state index in [4.69, 9.17) is 4.74 Å². The summed E-state index contributed by atoms with van der Waals surface area (Å²) in [5.41, 5.74) is 2.94. The summed E-state index contributed by atoms with van der Waals surface area (Å²) in [4.78, 5) is 19.2. The maximum atomic E-state index is 12.2. The molecule has 0 unspecified atom stereocenters. The Morgan fingerprint density at radius 1 is 1.28 bits per heavy atom. The van der Waals surface area contributed by atoms with Gasteiger partial charge >= 0.3 is 0 Å². The van der Waals surface area contributed by atoms with E-state index in [0.29, 0.717) is 12.3 Å². The summed E-state index contributed by atoms with van der Waals surface area (Å²) in [7, 11) is 0. The van der Waals surface area contributed by atoms with Gasteiger partial charge in [0.15, 0.2) is 0 Å². The second-order valence-electron chi connectivity index (χ2n) is 6.62. The summed E-state index contributed by atoms with van der Waals surface area (Å²) >= 11 is 1.62. The number of rotatable bonds is 6. The third kappa shape index (κ3) is 5.36. The van der Waals surface area contributed by atoms with Crippen LogP contribution in [0.4, 0.5) is 5.69 Å². The van der Waals surface area contributed by atoms with Crippen LogP contribution < -0.4 is 5.32 Å². The topological polar surface area (TPSA) is 54.5 Å². The Kier molecular flexibility index (Phi) is 6.18. The minimum Gasteiger partial charge on any atom is -0.379 e. The molecule has 5 nitrogen and oxygen atoms in total. The molecule has 1 fully saturated rings. The van der Waals surface area contributed by atoms with Crippen LogP contribution in [-0.2, 0) is 22.5 Å². The number of nitrogens with one attached hydrogen (secondary N) is 1. The molecule has 0 atom stereocenters. The van der Waals surface area contributed by atoms with Crippen molar-refractivity contribution in [3.63, 3.8) is 0 Å². The number of carbonyl (C=O) groups is 1. The smallest absolute Gasteiger partial charge is 0.230 e. The number of hydrogen-bond donors (Lipinski definition) is 1. The highest BCUT2D eigenvalue weighted by atomic mass is 32.1. The molecule has 1 N–H and O–H groups in total. The molecule has 2 aromatic rings. The van der Waals surface area contributed by atoms with Crippen LogP contribution in [0.15, 0.2) is 29.6 Å². The average molecular weight is 359 g/mol. The third-order valence-corrected chi connectivity index (χ3v) is 5.15. The average Bonchev–Trinajstić information content (AvgIpc) is 3.03. The van der Waals surface area contributed by atoms with Gasteiger partial charge in [0.1, 0.15) is 5.01 Å². The van der Waals surface area contributed by atoms with Gasteiger partial charge in [0, 0.05) is 24.2 Å². The number of carbonyl (C=O) groups excluding carboxylic acids is 1. The minimum absolute atomic E-state index is 0.0273. The van der Waals surface area contributed by atoms with E-state index in [-0.39, 0.29) is 5.91 Å². The predicted octanol–water partition coefficient (Wildman–Crippen LogP) is 3.28. The van der Waals surface area contributed by atoms with Crippen molar-refractivity contribution in [2.75, 3.05) is 31.6 Å². The molecule has 0 bridgehead atoms. The number of nitrogens with zero attached hydrogens (tertiary/aromatic N) is 2. The molecule has 3 rings (SSSR count). The first-order chi connectivity index (χ1) is 12.1. The van der Waals surface area contributed by atoms with E-state index in [9.17, 15) is 4.79 Å². The molecule has 1 saturated heterocycles. The van der Waals surface area contributed by atoms with E-state index in [2.05, 4.69) is 41.2 Å². The van der Waals surface area contributed by atoms with Crippen molar-refractivity contribution >= 4 is 22.9 Å². The van der Waals surface area contributed by atoms with Gasteiger partial charge in [-0.1, -0.05) is 26.0 Å². The van der Waals surface area contributed by atoms with Gasteiger partial charge in [0.25, 0.3) is 0 Å². The van der Waals surface area contributed by atoms with Crippen LogP contribution >= 0.6 is 11.3 Å². The van der Waals surface area contributed by atoms with E-state index >= 15 is 0 Å². The molecule has 25 heavy (non-hydrogen) atoms. The highest BCUT2D eigenvalue weighted by Crippen LogP contribution is 2.18. The molecule has 1 aliphatic heterocycles. The standard InChI is InChI=1S/C19H25N3O2S/c1-14(2)15-3-5-16(6-4-15)20-18(23)11-17-13-25-19(21-17)12-22-7-9-24-10-8-22/h3-6,13-14H,7-12H2,1-2H3,(H,20,23). The van der Waals surface area contributed by atoms with E-state index < -0.39 is 0 Å². The van der Waals surface area contributed by atoms with Gasteiger partial charge in [-0.3, -0.25) is 9.69 Å². The van der Waals surface area contributed by atoms with Gasteiger partial charge in [-0.25, -0.2) is 4.98 Å². The van der Waals surface area contributed by atoms with Crippen molar-refractivity contribution in [3.8, 4) is 0 Å². The Bertz CT molecular complexity index is 691. The largest absolute Gasteiger partial charge is 0.379 e. The van der Waals surface area contributed by atoms with E-state index in [1.807, 2.05) is 17.5 Å². The van der Waals surface area contributed by atoms with E-state index in [1.165, 1.54) is 5.56 Å². The molecule has 6 heteroatoms. The van der Waals surface area contributed by atoms with Crippen LogP contribution in [0.25, 0.3) is 0 Å². The monoisotopic (exact) mass is 359 g/mol. The molecule has 0 saturated carbocycles. The van der Waals surface area contributed by atoms with Crippen molar-refractivity contribution < 1.29 is 9.53 Å². The number of hydrogen-bond acceptors (Lipinski definition) is 5. The van der Waals surface area contributed by atoms with Gasteiger partial charge in [0.05, 0.1) is 31.9 Å². The Morgan fingerprint density at radius 3 is 2.68 bits per heavy atom. The minimum atomic E-state index is -0.0273. The normalized spacial score (nSPS) is 15.5. The van der Waals surface area contributed by atoms with Crippen LogP contribution in [0.2, 0.25) is 0 Å². The molecule has 1 aromatic carbocycles. The quantitative estimate of drug-likeness (QED) is 0.860. The first-order valence-corrected chi connectivity index (χ1v) is 9.61. The first kappa shape index (κ1) is 18.0. The number of morpholine rings is 1. The highest BCUT2D eigenvalue weighted by Gasteiger charge is 2.14. The highest BCUT2D eigenvalue weighted by molar-refractivity contribution is 7.09. The molecule has 134 valence electrons. The molecular weight excluding hydrogens is 334 g/mol. The summed E-state index contributed by atoms with van der Waals surface area (Å²) in [6, 6.07) is 8.03. The maximum Gasteiger partial charge on any atom is 0.230 e. The van der Waals surface area contributed by atoms with Crippen molar-refractivity contribution in [2.24, 2.45) is 0 Å². The van der Waals surface area contributed by atoms with Crippen LogP contribution in [0.1, 0.15) is 36.0 Å². The lowest BCUT2D eigenvalue weighted by molar-refractivity contribution is -0.115. The van der Waals surface area contributed by atoms with Crippen molar-refractivity contribution in [2.45, 2.75) is 32.7 Å². The van der Waals surface area contributed by atoms with Crippen molar-refractivity contribution in [1.29, 1.82) is 0 Å². The molecule has 1 aromatic heterocycles. The number of amides is 1. The lowest BCUT2D eigenvalue weighted by Crippen LogP contribution is -2.35. The Labute approximate surface area is 153 Å². The van der Waals surface area contributed by atoms with Gasteiger partial charge in [0.2, 0.25) is 5.91 Å². The fraction of sp³-hybridized carbons (Fsp3) is 0.474. The fourth-order valence-electron chi connectivity index (χ4n) is 2.77. The molecule has 0 aliphatic carbocycles. The van der Waals surface area contributed by atoms with Crippen LogP contribution in [0.5, 0.6) is 0 Å². The Morgan fingerprint density at radius 2 is 2.00 bits per heavy atom. The number of anilines is 1. The summed E-state index contributed by atoms with van der Waals surface area (Å²) < 4.78 is 5.36. The van der Waals surface area contributed by atoms with E-state index in [0.717, 1.165) is 49.2 Å². The van der Waals surface area contributed by atoms with Crippen molar-refractivity contribution in [1.82, 2.24) is 9.88 Å². The second-order valence-corrected chi connectivity index (χ2v) is 7.57. The second kappa shape index (κ2) is 8.56. The van der Waals surface area contributed by atoms with Crippen molar-refractivity contribution in [3.05, 3.63) is 45.9 Å². The fourth-order valence-corrected chi connectivity index (χ4v) is 3.61. The molecular formula is C19H25N3O2S. The molecule has 1 aliphatic rings. The lowest BCUT2D eigenvalue weighted by Gasteiger charge is -2.25. The zero-order valence-electron chi connectivity index (χ0n) is 14.8. The van der Waals surface area contributed by atoms with Gasteiger partial charge in [-0.15, -0.1) is 11.3 Å². The number of benzene rings is 1. The van der Waals surface area contributed by atoms with Gasteiger partial charge < -0.3 is 10.1 Å². The molecule has 1 amide bonds. The third-order valence-electron chi connectivity index (χ3n) is 4.26. The lowest BCUT2D eigenvalue weighted by atomic mass is 10.0. The SMILES string of the molecule is CC(C)c1ccc(NC(=O)Cc2csc(CN3CCOCC3)n2)cc1. The first-order valence-electron chi connectivity index (χ1n) is 8.73. The zero-order chi connectivity index (χ0) is 17.6. The van der Waals surface area contributed by atoms with Crippen LogP contribution in [0, 0.1) is 0 Å². The summed E-state index contributed by atoms with van der Waals surface area (Å²) in [5, 5.41) is 5.99. The predicted molar refractivity (Wildman–Crippen MR) is 101 cm³/mol. The summed E-state index contributed by atoms with van der Waals surface area (Å²) in [6.07, 6.45) is 0.311. The van der Waals surface area contributed by atoms with Crippen LogP contribution in [-0.4, -0.2) is 42.1 Å². The number of ether oxygens (including phenoxy) is 1. The van der Waals surface area contributed by atoms with Gasteiger partial charge in [-0.2, -0.15) is 0 Å². The maximum absolute atomic E-state index is 12.2. The Balaban J connectivity index is 1.50. The zero-order valence-corrected chi connectivity index (χ0v) is 15.6. The summed E-state index contributed by atoms with van der Waals surface area (Å²) in [6.45, 7) is 8.62. The van der Waals surface area contributed by atoms with Crippen LogP contribution in [0.3, 0.4) is 0 Å². The molecule has 0 radical (unpaired) electrons. The molecule has 0 spiro atoms. The molecule has 2 heterocycles. The number of aromatic nitrogens is 1. The number of thiazole rings is 1. The van der Waals surface area contributed by atoms with E-state index in [1.54, 1.807) is 11.3 Å². The van der Waals surface area contributed by atoms with Gasteiger partial charge in [-0.05, 0) is 23.6 Å².